The third-order valence-electron chi connectivity index (χ3n) is 4.43. The molecule has 0 bridgehead atoms. The maximum absolute atomic E-state index is 11.7. The Balaban J connectivity index is 1.83. The molecule has 96 valence electrons. The first-order valence-corrected chi connectivity index (χ1v) is 6.58. The van der Waals surface area contributed by atoms with Crippen LogP contribution in [0.4, 0.5) is 0 Å². The zero-order valence-electron chi connectivity index (χ0n) is 11.7. The first-order valence-electron chi connectivity index (χ1n) is 6.58. The Morgan fingerprint density at radius 1 is 1.41 bits per heavy atom. The molecule has 1 fully saturated rings. The average molecular weight is 236 g/mol. The van der Waals surface area contributed by atoms with Gasteiger partial charge in [0.05, 0.1) is 5.41 Å². The number of carbonyl (C=O) groups excluding carboxylic acids is 1. The summed E-state index contributed by atoms with van der Waals surface area (Å²) in [6, 6.07) is 0. The molecule has 0 aliphatic heterocycles. The maximum atomic E-state index is 11.7. The van der Waals surface area contributed by atoms with Crippen molar-refractivity contribution in [2.24, 2.45) is 22.7 Å². The molecule has 0 radical (unpaired) electrons. The van der Waals surface area contributed by atoms with Gasteiger partial charge in [-0.1, -0.05) is 19.9 Å². The lowest BCUT2D eigenvalue weighted by Gasteiger charge is -2.18. The largest absolute Gasteiger partial charge is 0.461 e. The topological polar surface area (TPSA) is 26.3 Å². The second kappa shape index (κ2) is 3.86. The van der Waals surface area contributed by atoms with Crippen LogP contribution in [0.2, 0.25) is 0 Å². The molecule has 2 rings (SSSR count). The van der Waals surface area contributed by atoms with Crippen molar-refractivity contribution in [3.05, 3.63) is 11.6 Å². The smallest absolute Gasteiger partial charge is 0.311 e. The van der Waals surface area contributed by atoms with E-state index in [2.05, 4.69) is 19.9 Å². The molecule has 0 aromatic carbocycles. The van der Waals surface area contributed by atoms with Crippen LogP contribution >= 0.6 is 0 Å². The van der Waals surface area contributed by atoms with Gasteiger partial charge in [-0.2, -0.15) is 0 Å². The minimum absolute atomic E-state index is 0.101. The summed E-state index contributed by atoms with van der Waals surface area (Å²) >= 11 is 0. The van der Waals surface area contributed by atoms with Crippen LogP contribution < -0.4 is 0 Å². The molecule has 0 aromatic heterocycles. The Hall–Kier alpha value is -0.790. The van der Waals surface area contributed by atoms with Crippen LogP contribution in [0.5, 0.6) is 0 Å². The molecule has 2 heteroatoms. The molecule has 17 heavy (non-hydrogen) atoms. The fraction of sp³-hybridized carbons (Fsp3) is 0.800. The molecule has 1 saturated carbocycles. The number of rotatable bonds is 2. The van der Waals surface area contributed by atoms with Gasteiger partial charge < -0.3 is 4.74 Å². The highest BCUT2D eigenvalue weighted by atomic mass is 16.5. The molecule has 2 aliphatic carbocycles. The lowest BCUT2D eigenvalue weighted by atomic mass is 9.97. The minimum Gasteiger partial charge on any atom is -0.461 e. The van der Waals surface area contributed by atoms with Crippen molar-refractivity contribution >= 4 is 5.97 Å². The third kappa shape index (κ3) is 2.41. The second-order valence-corrected chi connectivity index (χ2v) is 7.16. The van der Waals surface area contributed by atoms with Crippen molar-refractivity contribution in [1.82, 2.24) is 0 Å². The number of carbonyl (C=O) groups is 1. The van der Waals surface area contributed by atoms with Gasteiger partial charge in [-0.25, -0.2) is 0 Å². The van der Waals surface area contributed by atoms with E-state index in [9.17, 15) is 4.79 Å². The monoisotopic (exact) mass is 236 g/mol. The van der Waals surface area contributed by atoms with Crippen LogP contribution in [0.25, 0.3) is 0 Å². The SMILES string of the molecule is CC(C)(C)C(=O)OCC1=CC[C@H]2[C@H](C1)C2(C)C. The predicted octanol–water partition coefficient (Wildman–Crippen LogP) is 3.57. The van der Waals surface area contributed by atoms with Crippen molar-refractivity contribution in [3.63, 3.8) is 0 Å². The third-order valence-corrected chi connectivity index (χ3v) is 4.43. The highest BCUT2D eigenvalue weighted by Gasteiger charge is 2.57. The molecule has 0 amide bonds. The summed E-state index contributed by atoms with van der Waals surface area (Å²) < 4.78 is 5.37. The second-order valence-electron chi connectivity index (χ2n) is 7.16. The average Bonchev–Trinajstić information content (AvgIpc) is 2.76. The first-order chi connectivity index (χ1) is 7.73. The normalized spacial score (nSPS) is 30.3. The predicted molar refractivity (Wildman–Crippen MR) is 68.5 cm³/mol. The van der Waals surface area contributed by atoms with Crippen LogP contribution in [-0.4, -0.2) is 12.6 Å². The molecule has 2 atom stereocenters. The van der Waals surface area contributed by atoms with E-state index >= 15 is 0 Å². The highest BCUT2D eigenvalue weighted by molar-refractivity contribution is 5.75. The maximum Gasteiger partial charge on any atom is 0.311 e. The fourth-order valence-corrected chi connectivity index (χ4v) is 2.88. The van der Waals surface area contributed by atoms with E-state index in [0.717, 1.165) is 18.3 Å². The van der Waals surface area contributed by atoms with E-state index in [1.165, 1.54) is 12.0 Å². The summed E-state index contributed by atoms with van der Waals surface area (Å²) in [5, 5.41) is 0. The van der Waals surface area contributed by atoms with Gasteiger partial charge in [0.1, 0.15) is 6.61 Å². The number of hydrogen-bond donors (Lipinski definition) is 0. The molecular weight excluding hydrogens is 212 g/mol. The molecule has 0 saturated heterocycles. The zero-order chi connectivity index (χ0) is 12.8. The Morgan fingerprint density at radius 3 is 2.59 bits per heavy atom. The molecule has 2 aliphatic rings. The lowest BCUT2D eigenvalue weighted by Crippen LogP contribution is -2.24. The zero-order valence-corrected chi connectivity index (χ0v) is 11.7. The summed E-state index contributed by atoms with van der Waals surface area (Å²) in [5.74, 6) is 1.58. The number of esters is 1. The Labute approximate surface area is 104 Å². The molecule has 0 N–H and O–H groups in total. The lowest BCUT2D eigenvalue weighted by molar-refractivity contribution is -0.151. The minimum atomic E-state index is -0.392. The standard InChI is InChI=1S/C15H24O2/c1-14(2,3)13(16)17-9-10-6-7-11-12(8-10)15(11,4)5/h6,11-12H,7-9H2,1-5H3/t11-,12-/m0/s1. The van der Waals surface area contributed by atoms with Crippen molar-refractivity contribution in [3.8, 4) is 0 Å². The molecule has 0 heterocycles. The van der Waals surface area contributed by atoms with Gasteiger partial charge in [0, 0.05) is 0 Å². The van der Waals surface area contributed by atoms with Crippen molar-refractivity contribution in [2.75, 3.05) is 6.61 Å². The summed E-state index contributed by atoms with van der Waals surface area (Å²) in [6.07, 6.45) is 4.57. The highest BCUT2D eigenvalue weighted by Crippen LogP contribution is 2.64. The number of fused-ring (bicyclic) bond motifs is 1. The Bertz CT molecular complexity index is 358. The number of hydrogen-bond acceptors (Lipinski definition) is 2. The van der Waals surface area contributed by atoms with E-state index in [1.54, 1.807) is 0 Å². The summed E-state index contributed by atoms with van der Waals surface area (Å²) in [4.78, 5) is 11.7. The van der Waals surface area contributed by atoms with E-state index in [1.807, 2.05) is 20.8 Å². The fourth-order valence-electron chi connectivity index (χ4n) is 2.88. The molecule has 0 unspecified atom stereocenters. The number of ether oxygens (including phenoxy) is 1. The Morgan fingerprint density at radius 2 is 2.06 bits per heavy atom. The van der Waals surface area contributed by atoms with Gasteiger partial charge in [-0.05, 0) is 56.4 Å². The first kappa shape index (κ1) is 12.7. The summed E-state index contributed by atoms with van der Waals surface area (Å²) in [6.45, 7) is 10.9. The summed E-state index contributed by atoms with van der Waals surface area (Å²) in [7, 11) is 0. The molecule has 0 spiro atoms. The molecular formula is C15H24O2. The Kier molecular flexibility index (Phi) is 2.87. The summed E-state index contributed by atoms with van der Waals surface area (Å²) in [5.41, 5.74) is 1.43. The van der Waals surface area contributed by atoms with Crippen molar-refractivity contribution in [1.29, 1.82) is 0 Å². The van der Waals surface area contributed by atoms with Gasteiger partial charge in [0.25, 0.3) is 0 Å². The van der Waals surface area contributed by atoms with Crippen LogP contribution in [-0.2, 0) is 9.53 Å². The van der Waals surface area contributed by atoms with Gasteiger partial charge >= 0.3 is 5.97 Å². The van der Waals surface area contributed by atoms with E-state index in [-0.39, 0.29) is 5.97 Å². The van der Waals surface area contributed by atoms with E-state index in [4.69, 9.17) is 4.74 Å². The van der Waals surface area contributed by atoms with E-state index < -0.39 is 5.41 Å². The number of allylic oxidation sites excluding steroid dienone is 1. The van der Waals surface area contributed by atoms with Gasteiger partial charge in [-0.3, -0.25) is 4.79 Å². The van der Waals surface area contributed by atoms with E-state index in [0.29, 0.717) is 12.0 Å². The van der Waals surface area contributed by atoms with Crippen LogP contribution in [0.15, 0.2) is 11.6 Å². The van der Waals surface area contributed by atoms with Gasteiger partial charge in [0.2, 0.25) is 0 Å². The van der Waals surface area contributed by atoms with Crippen molar-refractivity contribution in [2.45, 2.75) is 47.5 Å². The quantitative estimate of drug-likeness (QED) is 0.541. The van der Waals surface area contributed by atoms with Crippen LogP contribution in [0, 0.1) is 22.7 Å². The molecule has 2 nitrogen and oxygen atoms in total. The van der Waals surface area contributed by atoms with Gasteiger partial charge in [0.15, 0.2) is 0 Å². The molecule has 0 aromatic rings. The van der Waals surface area contributed by atoms with Crippen LogP contribution in [0.1, 0.15) is 47.5 Å². The van der Waals surface area contributed by atoms with Crippen molar-refractivity contribution < 1.29 is 9.53 Å². The van der Waals surface area contributed by atoms with Crippen LogP contribution in [0.3, 0.4) is 0 Å². The van der Waals surface area contributed by atoms with Gasteiger partial charge in [-0.15, -0.1) is 0 Å².